The van der Waals surface area contributed by atoms with E-state index < -0.39 is 0 Å². The summed E-state index contributed by atoms with van der Waals surface area (Å²) in [5.41, 5.74) is 7.03. The molecule has 0 atom stereocenters. The molecule has 0 saturated carbocycles. The van der Waals surface area contributed by atoms with E-state index in [0.29, 0.717) is 22.6 Å². The SMILES string of the molecule is COc1ccccc1C(=O)c1cnccc1N. The minimum Gasteiger partial charge on any atom is -0.496 e. The van der Waals surface area contributed by atoms with Crippen LogP contribution in [-0.2, 0) is 0 Å². The first kappa shape index (κ1) is 11.1. The van der Waals surface area contributed by atoms with Gasteiger partial charge in [0.1, 0.15) is 5.75 Å². The van der Waals surface area contributed by atoms with Crippen molar-refractivity contribution in [1.29, 1.82) is 0 Å². The van der Waals surface area contributed by atoms with Gasteiger partial charge in [-0.05, 0) is 18.2 Å². The van der Waals surface area contributed by atoms with Crippen LogP contribution in [0.2, 0.25) is 0 Å². The molecule has 0 spiro atoms. The van der Waals surface area contributed by atoms with E-state index in [1.54, 1.807) is 30.5 Å². The van der Waals surface area contributed by atoms with Crippen molar-refractivity contribution in [3.05, 3.63) is 53.9 Å². The van der Waals surface area contributed by atoms with E-state index in [-0.39, 0.29) is 5.78 Å². The van der Waals surface area contributed by atoms with Crippen LogP contribution in [0.1, 0.15) is 15.9 Å². The zero-order chi connectivity index (χ0) is 12.3. The average molecular weight is 228 g/mol. The van der Waals surface area contributed by atoms with Crippen molar-refractivity contribution in [1.82, 2.24) is 4.98 Å². The zero-order valence-corrected chi connectivity index (χ0v) is 9.38. The Morgan fingerprint density at radius 3 is 2.71 bits per heavy atom. The predicted molar refractivity (Wildman–Crippen MR) is 65.1 cm³/mol. The van der Waals surface area contributed by atoms with Gasteiger partial charge in [-0.25, -0.2) is 0 Å². The van der Waals surface area contributed by atoms with Gasteiger partial charge in [0.2, 0.25) is 0 Å². The predicted octanol–water partition coefficient (Wildman–Crippen LogP) is 1.90. The molecule has 86 valence electrons. The van der Waals surface area contributed by atoms with Gasteiger partial charge < -0.3 is 10.5 Å². The van der Waals surface area contributed by atoms with Gasteiger partial charge in [-0.3, -0.25) is 9.78 Å². The molecule has 0 fully saturated rings. The summed E-state index contributed by atoms with van der Waals surface area (Å²) < 4.78 is 5.15. The van der Waals surface area contributed by atoms with Gasteiger partial charge in [-0.15, -0.1) is 0 Å². The molecule has 0 amide bonds. The van der Waals surface area contributed by atoms with Gasteiger partial charge in [0, 0.05) is 18.1 Å². The third kappa shape index (κ3) is 2.10. The maximum absolute atomic E-state index is 12.2. The molecule has 0 aliphatic heterocycles. The lowest BCUT2D eigenvalue weighted by Crippen LogP contribution is -2.07. The number of aromatic nitrogens is 1. The summed E-state index contributed by atoms with van der Waals surface area (Å²) in [6.45, 7) is 0. The Hall–Kier alpha value is -2.36. The Balaban J connectivity index is 2.48. The molecule has 2 rings (SSSR count). The van der Waals surface area contributed by atoms with E-state index in [1.165, 1.54) is 13.3 Å². The third-order valence-corrected chi connectivity index (χ3v) is 2.45. The fraction of sp³-hybridized carbons (Fsp3) is 0.0769. The number of nitrogens with two attached hydrogens (primary N) is 1. The second kappa shape index (κ2) is 4.65. The van der Waals surface area contributed by atoms with Crippen molar-refractivity contribution < 1.29 is 9.53 Å². The molecule has 1 aromatic carbocycles. The van der Waals surface area contributed by atoms with Gasteiger partial charge >= 0.3 is 0 Å². The van der Waals surface area contributed by atoms with E-state index in [2.05, 4.69) is 4.98 Å². The minimum atomic E-state index is -0.187. The van der Waals surface area contributed by atoms with Crippen LogP contribution in [-0.4, -0.2) is 17.9 Å². The Labute approximate surface area is 99.1 Å². The summed E-state index contributed by atoms with van der Waals surface area (Å²) in [4.78, 5) is 16.2. The third-order valence-electron chi connectivity index (χ3n) is 2.45. The van der Waals surface area contributed by atoms with Gasteiger partial charge in [-0.2, -0.15) is 0 Å². The van der Waals surface area contributed by atoms with Crippen molar-refractivity contribution in [3.63, 3.8) is 0 Å². The summed E-state index contributed by atoms with van der Waals surface area (Å²) >= 11 is 0. The Morgan fingerprint density at radius 1 is 1.24 bits per heavy atom. The van der Waals surface area contributed by atoms with E-state index in [0.717, 1.165) is 0 Å². The molecule has 0 radical (unpaired) electrons. The number of ether oxygens (including phenoxy) is 1. The lowest BCUT2D eigenvalue weighted by molar-refractivity contribution is 0.103. The quantitative estimate of drug-likeness (QED) is 0.815. The summed E-state index contributed by atoms with van der Waals surface area (Å²) in [7, 11) is 1.53. The fourth-order valence-electron chi connectivity index (χ4n) is 1.57. The molecule has 1 aromatic heterocycles. The van der Waals surface area contributed by atoms with Crippen LogP contribution < -0.4 is 10.5 Å². The minimum absolute atomic E-state index is 0.187. The molecule has 1 heterocycles. The number of para-hydroxylation sites is 1. The van der Waals surface area contributed by atoms with Crippen LogP contribution in [0.25, 0.3) is 0 Å². The summed E-state index contributed by atoms with van der Waals surface area (Å²) in [5, 5.41) is 0. The van der Waals surface area contributed by atoms with Crippen LogP contribution in [0.5, 0.6) is 5.75 Å². The molecule has 0 saturated heterocycles. The Bertz CT molecular complexity index is 553. The number of nitrogen functional groups attached to an aromatic ring is 1. The molecular formula is C13H12N2O2. The van der Waals surface area contributed by atoms with Crippen molar-refractivity contribution in [3.8, 4) is 5.75 Å². The van der Waals surface area contributed by atoms with Crippen LogP contribution in [0.15, 0.2) is 42.7 Å². The van der Waals surface area contributed by atoms with Crippen molar-refractivity contribution in [2.45, 2.75) is 0 Å². The Kier molecular flexibility index (Phi) is 3.05. The molecule has 0 aliphatic carbocycles. The molecule has 0 aliphatic rings. The largest absolute Gasteiger partial charge is 0.496 e. The molecule has 2 aromatic rings. The maximum Gasteiger partial charge on any atom is 0.200 e. The number of carbonyl (C=O) groups is 1. The molecular weight excluding hydrogens is 216 g/mol. The number of hydrogen-bond donors (Lipinski definition) is 1. The van der Waals surface area contributed by atoms with Crippen LogP contribution in [0.3, 0.4) is 0 Å². The second-order valence-corrected chi connectivity index (χ2v) is 3.49. The van der Waals surface area contributed by atoms with Crippen molar-refractivity contribution in [2.24, 2.45) is 0 Å². The number of methoxy groups -OCH3 is 1. The fourth-order valence-corrected chi connectivity index (χ4v) is 1.57. The standard InChI is InChI=1S/C13H12N2O2/c1-17-12-5-3-2-4-9(12)13(16)10-8-15-7-6-11(10)14/h2-8H,1H3,(H2,14,15). The Morgan fingerprint density at radius 2 is 2.00 bits per heavy atom. The van der Waals surface area contributed by atoms with Gasteiger partial charge in [0.25, 0.3) is 0 Å². The van der Waals surface area contributed by atoms with Crippen LogP contribution in [0.4, 0.5) is 5.69 Å². The molecule has 0 unspecified atom stereocenters. The van der Waals surface area contributed by atoms with E-state index in [4.69, 9.17) is 10.5 Å². The van der Waals surface area contributed by atoms with E-state index in [9.17, 15) is 4.79 Å². The number of ketones is 1. The maximum atomic E-state index is 12.2. The van der Waals surface area contributed by atoms with Gasteiger partial charge in [-0.1, -0.05) is 12.1 Å². The van der Waals surface area contributed by atoms with Crippen molar-refractivity contribution >= 4 is 11.5 Å². The number of pyridine rings is 1. The van der Waals surface area contributed by atoms with Crippen LogP contribution >= 0.6 is 0 Å². The lowest BCUT2D eigenvalue weighted by atomic mass is 10.0. The highest BCUT2D eigenvalue weighted by Crippen LogP contribution is 2.22. The lowest BCUT2D eigenvalue weighted by Gasteiger charge is -2.08. The van der Waals surface area contributed by atoms with Gasteiger partial charge in [0.15, 0.2) is 5.78 Å². The molecule has 0 bridgehead atoms. The number of rotatable bonds is 3. The molecule has 4 nitrogen and oxygen atoms in total. The highest BCUT2D eigenvalue weighted by atomic mass is 16.5. The molecule has 2 N–H and O–H groups in total. The summed E-state index contributed by atoms with van der Waals surface area (Å²) in [6, 6.07) is 8.63. The van der Waals surface area contributed by atoms with Crippen molar-refractivity contribution in [2.75, 3.05) is 12.8 Å². The second-order valence-electron chi connectivity index (χ2n) is 3.49. The summed E-state index contributed by atoms with van der Waals surface area (Å²) in [5.74, 6) is 0.341. The van der Waals surface area contributed by atoms with E-state index >= 15 is 0 Å². The zero-order valence-electron chi connectivity index (χ0n) is 9.38. The number of nitrogens with zero attached hydrogens (tertiary/aromatic N) is 1. The number of carbonyl (C=O) groups excluding carboxylic acids is 1. The monoisotopic (exact) mass is 228 g/mol. The first-order valence-electron chi connectivity index (χ1n) is 5.11. The number of anilines is 1. The molecule has 4 heteroatoms. The highest BCUT2D eigenvalue weighted by Gasteiger charge is 2.16. The topological polar surface area (TPSA) is 65.2 Å². The number of hydrogen-bond acceptors (Lipinski definition) is 4. The van der Waals surface area contributed by atoms with E-state index in [1.807, 2.05) is 6.07 Å². The highest BCUT2D eigenvalue weighted by molar-refractivity contribution is 6.13. The normalized spacial score (nSPS) is 9.94. The first-order chi connectivity index (χ1) is 8.24. The first-order valence-corrected chi connectivity index (χ1v) is 5.11. The number of benzene rings is 1. The smallest absolute Gasteiger partial charge is 0.200 e. The molecule has 17 heavy (non-hydrogen) atoms. The average Bonchev–Trinajstić information content (AvgIpc) is 2.38. The summed E-state index contributed by atoms with van der Waals surface area (Å²) in [6.07, 6.45) is 3.01. The van der Waals surface area contributed by atoms with Crippen LogP contribution in [0, 0.1) is 0 Å². The van der Waals surface area contributed by atoms with Gasteiger partial charge in [0.05, 0.1) is 18.2 Å².